The number of ether oxygens (including phenoxy) is 2. The van der Waals surface area contributed by atoms with Gasteiger partial charge < -0.3 is 18.4 Å². The van der Waals surface area contributed by atoms with Gasteiger partial charge in [0.25, 0.3) is 0 Å². The van der Waals surface area contributed by atoms with Gasteiger partial charge in [-0.15, -0.1) is 12.4 Å². The van der Waals surface area contributed by atoms with Crippen molar-refractivity contribution in [1.82, 2.24) is 0 Å². The number of esters is 2. The smallest absolute Gasteiger partial charge is 0.305 e. The second kappa shape index (κ2) is 13.4. The Morgan fingerprint density at radius 1 is 0.640 bits per heavy atom. The minimum Gasteiger partial charge on any atom is -0.460 e. The van der Waals surface area contributed by atoms with E-state index in [1.54, 1.807) is 0 Å². The molecule has 0 radical (unpaired) electrons. The van der Waals surface area contributed by atoms with E-state index >= 15 is 0 Å². The lowest BCUT2D eigenvalue weighted by molar-refractivity contribution is -0.870. The third-order valence-electron chi connectivity index (χ3n) is 3.56. The number of carbonyl (C=O) groups excluding carboxylic acids is 2. The van der Waals surface area contributed by atoms with E-state index in [-0.39, 0.29) is 24.3 Å². The van der Waals surface area contributed by atoms with Gasteiger partial charge in [-0.25, -0.2) is 0 Å². The monoisotopic (exact) mass is 382 g/mol. The van der Waals surface area contributed by atoms with Crippen LogP contribution in [0.1, 0.15) is 38.5 Å². The Kier molecular flexibility index (Phi) is 14.1. The minimum atomic E-state index is -0.122. The molecule has 0 saturated heterocycles. The third kappa shape index (κ3) is 21.1. The predicted octanol–water partition coefficient (Wildman–Crippen LogP) is 2.25. The molecule has 0 aliphatic carbocycles. The van der Waals surface area contributed by atoms with Gasteiger partial charge in [-0.2, -0.15) is 0 Å². The van der Waals surface area contributed by atoms with Crippen molar-refractivity contribution in [2.75, 3.05) is 68.6 Å². The van der Waals surface area contributed by atoms with Crippen molar-refractivity contribution < 1.29 is 28.0 Å². The maximum atomic E-state index is 11.6. The summed E-state index contributed by atoms with van der Waals surface area (Å²) >= 11 is 0. The number of hydrogen-bond acceptors (Lipinski definition) is 4. The van der Waals surface area contributed by atoms with Crippen LogP contribution in [0.4, 0.5) is 0 Å². The van der Waals surface area contributed by atoms with Crippen LogP contribution < -0.4 is 0 Å². The molecule has 0 spiro atoms. The Morgan fingerprint density at radius 2 is 0.960 bits per heavy atom. The summed E-state index contributed by atoms with van der Waals surface area (Å²) < 4.78 is 12.0. The molecule has 0 saturated carbocycles. The molecule has 0 atom stereocenters. The number of hydrogen-bond donors (Lipinski definition) is 0. The fraction of sp³-hybridized carbons (Fsp3) is 0.889. The van der Waals surface area contributed by atoms with E-state index in [9.17, 15) is 9.59 Å². The quantitative estimate of drug-likeness (QED) is 0.278. The highest BCUT2D eigenvalue weighted by molar-refractivity contribution is 5.85. The number of nitrogens with zero attached hydrogens (tertiary/aromatic N) is 2. The molecule has 0 amide bonds. The average Bonchev–Trinajstić information content (AvgIpc) is 2.39. The molecule has 150 valence electrons. The maximum Gasteiger partial charge on any atom is 0.305 e. The molecule has 0 aromatic heterocycles. The Morgan fingerprint density at radius 3 is 1.24 bits per heavy atom. The lowest BCUT2D eigenvalue weighted by atomic mass is 10.1. The van der Waals surface area contributed by atoms with Gasteiger partial charge in [0, 0.05) is 12.8 Å². The molecule has 0 aliphatic rings. The summed E-state index contributed by atoms with van der Waals surface area (Å²) in [6.07, 6.45) is 4.45. The average molecular weight is 383 g/mol. The zero-order valence-electron chi connectivity index (χ0n) is 17.0. The van der Waals surface area contributed by atoms with Gasteiger partial charge in [0.1, 0.15) is 26.3 Å². The van der Waals surface area contributed by atoms with Crippen LogP contribution in [0.2, 0.25) is 0 Å². The van der Waals surface area contributed by atoms with Crippen LogP contribution in [-0.4, -0.2) is 89.5 Å². The summed E-state index contributed by atoms with van der Waals surface area (Å²) in [6, 6.07) is 0. The minimum absolute atomic E-state index is 0. The van der Waals surface area contributed by atoms with E-state index in [1.165, 1.54) is 0 Å². The number of carbonyl (C=O) groups is 2. The van der Waals surface area contributed by atoms with E-state index in [2.05, 4.69) is 42.3 Å². The number of unbranched alkanes of at least 4 members (excludes halogenated alkanes) is 3. The first kappa shape index (κ1) is 26.4. The molecule has 0 N–H and O–H groups in total. The standard InChI is InChI=1S/C18H38N2O4.ClH/c1-19(2,3)13-15-23-17(21)11-9-7-8-10-12-18(22)24-16-14-20(4,5)6;/h7-16H2,1-6H3;1H/q+2;. The lowest BCUT2D eigenvalue weighted by Gasteiger charge is -2.23. The number of rotatable bonds is 13. The molecular weight excluding hydrogens is 344 g/mol. The Bertz CT molecular complexity index is 340. The summed E-state index contributed by atoms with van der Waals surface area (Å²) in [5.74, 6) is -0.244. The van der Waals surface area contributed by atoms with Gasteiger partial charge >= 0.3 is 11.9 Å². The molecule has 0 aliphatic heterocycles. The molecule has 7 heteroatoms. The van der Waals surface area contributed by atoms with Gasteiger partial charge in [-0.05, 0) is 12.8 Å². The van der Waals surface area contributed by atoms with E-state index in [0.717, 1.165) is 47.7 Å². The highest BCUT2D eigenvalue weighted by atomic mass is 35.5. The van der Waals surface area contributed by atoms with Gasteiger partial charge in [-0.1, -0.05) is 12.8 Å². The first-order valence-corrected chi connectivity index (χ1v) is 8.92. The van der Waals surface area contributed by atoms with Crippen molar-refractivity contribution in [2.45, 2.75) is 38.5 Å². The first-order valence-electron chi connectivity index (χ1n) is 8.92. The van der Waals surface area contributed by atoms with Crippen LogP contribution in [-0.2, 0) is 19.1 Å². The van der Waals surface area contributed by atoms with Crippen LogP contribution in [0.15, 0.2) is 0 Å². The van der Waals surface area contributed by atoms with Crippen molar-refractivity contribution in [1.29, 1.82) is 0 Å². The largest absolute Gasteiger partial charge is 0.460 e. The van der Waals surface area contributed by atoms with Gasteiger partial charge in [0.05, 0.1) is 42.3 Å². The Labute approximate surface area is 160 Å². The van der Waals surface area contributed by atoms with E-state index in [1.807, 2.05) is 0 Å². The molecule has 0 unspecified atom stereocenters. The van der Waals surface area contributed by atoms with E-state index in [0.29, 0.717) is 26.1 Å². The van der Waals surface area contributed by atoms with Crippen molar-refractivity contribution in [3.8, 4) is 0 Å². The molecule has 0 fully saturated rings. The molecule has 0 aromatic rings. The van der Waals surface area contributed by atoms with Crippen LogP contribution in [0.5, 0.6) is 0 Å². The number of likely N-dealkylation sites (N-methyl/N-ethyl adjacent to an activating group) is 2. The number of quaternary nitrogens is 2. The van der Waals surface area contributed by atoms with Crippen LogP contribution in [0.3, 0.4) is 0 Å². The summed E-state index contributed by atoms with van der Waals surface area (Å²) in [6.45, 7) is 2.59. The van der Waals surface area contributed by atoms with Crippen molar-refractivity contribution in [3.05, 3.63) is 0 Å². The second-order valence-corrected chi connectivity index (χ2v) is 8.38. The predicted molar refractivity (Wildman–Crippen MR) is 103 cm³/mol. The van der Waals surface area contributed by atoms with Crippen LogP contribution in [0, 0.1) is 0 Å². The second-order valence-electron chi connectivity index (χ2n) is 8.38. The summed E-state index contributed by atoms with van der Waals surface area (Å²) in [5.41, 5.74) is 0. The molecule has 25 heavy (non-hydrogen) atoms. The van der Waals surface area contributed by atoms with Gasteiger partial charge in [-0.3, -0.25) is 9.59 Å². The fourth-order valence-corrected chi connectivity index (χ4v) is 1.90. The highest BCUT2D eigenvalue weighted by Crippen LogP contribution is 2.07. The molecule has 6 nitrogen and oxygen atoms in total. The first-order chi connectivity index (χ1) is 11.0. The Balaban J connectivity index is 0. The number of halogens is 1. The molecular formula is C18H39ClN2O4+2. The van der Waals surface area contributed by atoms with Gasteiger partial charge in [0.2, 0.25) is 0 Å². The van der Waals surface area contributed by atoms with Crippen LogP contribution >= 0.6 is 12.4 Å². The van der Waals surface area contributed by atoms with E-state index < -0.39 is 0 Å². The zero-order valence-corrected chi connectivity index (χ0v) is 17.8. The molecule has 0 heterocycles. The Hall–Kier alpha value is -0.850. The summed E-state index contributed by atoms with van der Waals surface area (Å²) in [7, 11) is 12.4. The van der Waals surface area contributed by atoms with E-state index in [4.69, 9.17) is 9.47 Å². The third-order valence-corrected chi connectivity index (χ3v) is 3.56. The maximum absolute atomic E-state index is 11.6. The van der Waals surface area contributed by atoms with Crippen molar-refractivity contribution in [3.63, 3.8) is 0 Å². The zero-order chi connectivity index (χ0) is 18.6. The molecule has 0 bridgehead atoms. The van der Waals surface area contributed by atoms with Crippen molar-refractivity contribution >= 4 is 24.3 Å². The molecule has 0 rings (SSSR count). The van der Waals surface area contributed by atoms with Crippen LogP contribution in [0.25, 0.3) is 0 Å². The fourth-order valence-electron chi connectivity index (χ4n) is 1.90. The summed E-state index contributed by atoms with van der Waals surface area (Å²) in [4.78, 5) is 23.1. The SMILES string of the molecule is C[N+](C)(C)CCOC(=O)CCCCCCC(=O)OCC[N+](C)(C)C.Cl. The van der Waals surface area contributed by atoms with Crippen molar-refractivity contribution in [2.24, 2.45) is 0 Å². The lowest BCUT2D eigenvalue weighted by Crippen LogP contribution is -2.38. The normalized spacial score (nSPS) is 11.6. The summed E-state index contributed by atoms with van der Waals surface area (Å²) in [5, 5.41) is 0. The molecule has 0 aromatic carbocycles. The topological polar surface area (TPSA) is 52.6 Å². The van der Waals surface area contributed by atoms with Gasteiger partial charge in [0.15, 0.2) is 0 Å². The highest BCUT2D eigenvalue weighted by Gasteiger charge is 2.10.